The van der Waals surface area contributed by atoms with Crippen molar-refractivity contribution in [3.8, 4) is 0 Å². The highest BCUT2D eigenvalue weighted by molar-refractivity contribution is 7.99. The second-order valence-electron chi connectivity index (χ2n) is 4.18. The van der Waals surface area contributed by atoms with Gasteiger partial charge in [-0.2, -0.15) is 0 Å². The lowest BCUT2D eigenvalue weighted by Gasteiger charge is -2.04. The molecular formula is C13H14N4O4S. The molecule has 0 saturated carbocycles. The Morgan fingerprint density at radius 1 is 1.45 bits per heavy atom. The van der Waals surface area contributed by atoms with E-state index in [1.165, 1.54) is 18.2 Å². The molecule has 0 radical (unpaired) electrons. The largest absolute Gasteiger partial charge is 0.462 e. The van der Waals surface area contributed by atoms with Crippen molar-refractivity contribution in [1.82, 2.24) is 15.2 Å². The molecule has 9 heteroatoms. The van der Waals surface area contributed by atoms with Crippen LogP contribution in [0.1, 0.15) is 30.0 Å². The number of H-pyrrole nitrogens is 1. The highest BCUT2D eigenvalue weighted by Crippen LogP contribution is 2.33. The van der Waals surface area contributed by atoms with Gasteiger partial charge in [-0.25, -0.2) is 9.78 Å². The summed E-state index contributed by atoms with van der Waals surface area (Å²) >= 11 is 1.07. The fraction of sp³-hybridized carbons (Fsp3) is 0.308. The molecule has 0 fully saturated rings. The number of carbonyl (C=O) groups is 1. The van der Waals surface area contributed by atoms with Gasteiger partial charge in [0.1, 0.15) is 5.82 Å². The van der Waals surface area contributed by atoms with Crippen molar-refractivity contribution >= 4 is 23.4 Å². The van der Waals surface area contributed by atoms with Gasteiger partial charge in [-0.3, -0.25) is 15.2 Å². The van der Waals surface area contributed by atoms with Crippen molar-refractivity contribution in [2.24, 2.45) is 0 Å². The predicted molar refractivity (Wildman–Crippen MR) is 78.9 cm³/mol. The average Bonchev–Trinajstić information content (AvgIpc) is 2.95. The van der Waals surface area contributed by atoms with Crippen molar-refractivity contribution in [3.63, 3.8) is 0 Å². The van der Waals surface area contributed by atoms with E-state index in [4.69, 9.17) is 4.74 Å². The Labute approximate surface area is 130 Å². The van der Waals surface area contributed by atoms with Crippen LogP contribution in [0, 0.1) is 10.1 Å². The fourth-order valence-corrected chi connectivity index (χ4v) is 2.49. The van der Waals surface area contributed by atoms with Gasteiger partial charge in [0.05, 0.1) is 22.0 Å². The van der Waals surface area contributed by atoms with E-state index in [2.05, 4.69) is 15.2 Å². The Morgan fingerprint density at radius 2 is 2.23 bits per heavy atom. The summed E-state index contributed by atoms with van der Waals surface area (Å²) in [4.78, 5) is 26.9. The zero-order chi connectivity index (χ0) is 16.1. The first-order valence-electron chi connectivity index (χ1n) is 6.59. The minimum atomic E-state index is -0.590. The number of nitro groups is 1. The van der Waals surface area contributed by atoms with Crippen LogP contribution >= 0.6 is 11.8 Å². The summed E-state index contributed by atoms with van der Waals surface area (Å²) in [5.41, 5.74) is -0.0412. The van der Waals surface area contributed by atoms with Crippen LogP contribution in [-0.4, -0.2) is 32.7 Å². The molecule has 1 N–H and O–H groups in total. The normalized spacial score (nSPS) is 10.5. The van der Waals surface area contributed by atoms with Crippen molar-refractivity contribution in [1.29, 1.82) is 0 Å². The summed E-state index contributed by atoms with van der Waals surface area (Å²) in [6, 6.07) is 4.19. The number of nitrogens with zero attached hydrogens (tertiary/aromatic N) is 3. The molecule has 0 atom stereocenters. The topological polar surface area (TPSA) is 111 Å². The SMILES string of the molecule is CCOC(=O)c1ccc(Sc2n[nH]c(CC)n2)c([N+](=O)[O-])c1. The third-order valence-corrected chi connectivity index (χ3v) is 3.64. The number of aromatic amines is 1. The van der Waals surface area contributed by atoms with Gasteiger partial charge >= 0.3 is 5.97 Å². The maximum atomic E-state index is 11.6. The first-order valence-corrected chi connectivity index (χ1v) is 7.41. The van der Waals surface area contributed by atoms with Crippen molar-refractivity contribution < 1.29 is 14.5 Å². The second-order valence-corrected chi connectivity index (χ2v) is 5.19. The van der Waals surface area contributed by atoms with Gasteiger partial charge in [-0.05, 0) is 30.8 Å². The Morgan fingerprint density at radius 3 is 2.82 bits per heavy atom. The van der Waals surface area contributed by atoms with Crippen LogP contribution in [0.3, 0.4) is 0 Å². The lowest BCUT2D eigenvalue weighted by molar-refractivity contribution is -0.387. The number of esters is 1. The minimum absolute atomic E-state index is 0.141. The summed E-state index contributed by atoms with van der Waals surface area (Å²) < 4.78 is 4.84. The third kappa shape index (κ3) is 3.61. The summed E-state index contributed by atoms with van der Waals surface area (Å²) in [6.45, 7) is 3.80. The maximum Gasteiger partial charge on any atom is 0.338 e. The molecule has 2 rings (SSSR count). The molecule has 0 bridgehead atoms. The number of ether oxygens (including phenoxy) is 1. The Balaban J connectivity index is 2.30. The number of nitrogens with one attached hydrogen (secondary N) is 1. The monoisotopic (exact) mass is 322 g/mol. The number of carbonyl (C=O) groups excluding carboxylic acids is 1. The molecule has 1 aromatic heterocycles. The first kappa shape index (κ1) is 16.0. The standard InChI is InChI=1S/C13H14N4O4S/c1-3-11-14-13(16-15-11)22-10-6-5-8(12(18)21-4-2)7-9(10)17(19)20/h5-7H,3-4H2,1-2H3,(H,14,15,16). The first-order chi connectivity index (χ1) is 10.5. The van der Waals surface area contributed by atoms with Gasteiger partial charge in [0.25, 0.3) is 5.69 Å². The van der Waals surface area contributed by atoms with Crippen LogP contribution in [0.25, 0.3) is 0 Å². The molecule has 22 heavy (non-hydrogen) atoms. The van der Waals surface area contributed by atoms with Gasteiger partial charge in [-0.1, -0.05) is 6.92 Å². The van der Waals surface area contributed by atoms with Gasteiger partial charge in [-0.15, -0.1) is 5.10 Å². The minimum Gasteiger partial charge on any atom is -0.462 e. The van der Waals surface area contributed by atoms with E-state index in [9.17, 15) is 14.9 Å². The van der Waals surface area contributed by atoms with E-state index >= 15 is 0 Å². The number of hydrogen-bond donors (Lipinski definition) is 1. The van der Waals surface area contributed by atoms with Crippen molar-refractivity contribution in [2.75, 3.05) is 6.61 Å². The van der Waals surface area contributed by atoms with E-state index in [0.717, 1.165) is 11.8 Å². The zero-order valence-corrected chi connectivity index (χ0v) is 12.8. The number of rotatable bonds is 6. The Hall–Kier alpha value is -2.42. The summed E-state index contributed by atoms with van der Waals surface area (Å²) in [7, 11) is 0. The van der Waals surface area contributed by atoms with E-state index in [0.29, 0.717) is 22.3 Å². The number of aromatic nitrogens is 3. The molecular weight excluding hydrogens is 308 g/mol. The Kier molecular flexibility index (Phi) is 5.10. The van der Waals surface area contributed by atoms with E-state index in [1.807, 2.05) is 6.92 Å². The number of hydrogen-bond acceptors (Lipinski definition) is 7. The molecule has 0 aliphatic carbocycles. The molecule has 1 heterocycles. The summed E-state index contributed by atoms with van der Waals surface area (Å²) in [5, 5.41) is 18.3. The molecule has 0 aliphatic heterocycles. The molecule has 0 spiro atoms. The van der Waals surface area contributed by atoms with Gasteiger partial charge in [0.2, 0.25) is 5.16 Å². The fourth-order valence-electron chi connectivity index (χ4n) is 1.67. The highest BCUT2D eigenvalue weighted by Gasteiger charge is 2.20. The smallest absolute Gasteiger partial charge is 0.338 e. The predicted octanol–water partition coefficient (Wildman–Crippen LogP) is 2.60. The molecule has 0 amide bonds. The third-order valence-electron chi connectivity index (χ3n) is 2.71. The molecule has 0 aliphatic rings. The molecule has 0 saturated heterocycles. The number of aryl methyl sites for hydroxylation is 1. The van der Waals surface area contributed by atoms with E-state index in [1.54, 1.807) is 6.92 Å². The molecule has 1 aromatic carbocycles. The van der Waals surface area contributed by atoms with Crippen LogP contribution in [0.5, 0.6) is 0 Å². The van der Waals surface area contributed by atoms with Gasteiger partial charge in [0, 0.05) is 12.5 Å². The van der Waals surface area contributed by atoms with Crippen molar-refractivity contribution in [2.45, 2.75) is 30.3 Å². The average molecular weight is 322 g/mol. The summed E-state index contributed by atoms with van der Waals surface area (Å²) in [6.07, 6.45) is 0.692. The van der Waals surface area contributed by atoms with E-state index < -0.39 is 10.9 Å². The van der Waals surface area contributed by atoms with E-state index in [-0.39, 0.29) is 17.9 Å². The van der Waals surface area contributed by atoms with Crippen LogP contribution in [-0.2, 0) is 11.2 Å². The molecule has 116 valence electrons. The van der Waals surface area contributed by atoms with Crippen LogP contribution in [0.15, 0.2) is 28.3 Å². The van der Waals surface area contributed by atoms with Crippen LogP contribution < -0.4 is 0 Å². The molecule has 0 unspecified atom stereocenters. The summed E-state index contributed by atoms with van der Waals surface area (Å²) in [5.74, 6) is 0.113. The van der Waals surface area contributed by atoms with Gasteiger partial charge in [0.15, 0.2) is 0 Å². The number of benzene rings is 1. The van der Waals surface area contributed by atoms with Crippen molar-refractivity contribution in [3.05, 3.63) is 39.7 Å². The van der Waals surface area contributed by atoms with Crippen LogP contribution in [0.4, 0.5) is 5.69 Å². The molecule has 2 aromatic rings. The maximum absolute atomic E-state index is 11.6. The van der Waals surface area contributed by atoms with Gasteiger partial charge < -0.3 is 4.74 Å². The lowest BCUT2D eigenvalue weighted by Crippen LogP contribution is -2.05. The van der Waals surface area contributed by atoms with Crippen LogP contribution in [0.2, 0.25) is 0 Å². The highest BCUT2D eigenvalue weighted by atomic mass is 32.2. The molecule has 8 nitrogen and oxygen atoms in total. The second kappa shape index (κ2) is 7.03. The quantitative estimate of drug-likeness (QED) is 0.494. The zero-order valence-electron chi connectivity index (χ0n) is 12.0. The Bertz CT molecular complexity index is 701. The lowest BCUT2D eigenvalue weighted by atomic mass is 10.2. The number of nitro benzene ring substituents is 1.